The molecule has 8 aliphatic rings. The molecule has 14 atom stereocenters. The van der Waals surface area contributed by atoms with Crippen LogP contribution in [0.3, 0.4) is 0 Å². The topological polar surface area (TPSA) is 43.4 Å². The fraction of sp³-hybridized carbons (Fsp3) is 0.947. The number of ketones is 2. The molecule has 228 valence electrons. The van der Waals surface area contributed by atoms with E-state index in [0.29, 0.717) is 46.1 Å². The number of carbonyl (C=O) groups is 2. The molecule has 0 N–H and O–H groups in total. The Morgan fingerprint density at radius 2 is 0.951 bits per heavy atom. The minimum atomic E-state index is -0.347. The molecule has 0 aromatic heterocycles. The maximum absolute atomic E-state index is 14.2. The number of Topliss-reactive ketones (excluding diaryl/α,β-unsaturated/α-hetero) is 2. The normalized spacial score (nSPS) is 58.0. The van der Waals surface area contributed by atoms with Gasteiger partial charge in [0.15, 0.2) is 11.6 Å². The summed E-state index contributed by atoms with van der Waals surface area (Å²) in [6.45, 7) is 9.82. The van der Waals surface area contributed by atoms with Crippen LogP contribution in [0, 0.1) is 69.0 Å². The summed E-state index contributed by atoms with van der Waals surface area (Å²) < 4.78 is 6.84. The van der Waals surface area contributed by atoms with E-state index in [1.54, 1.807) is 0 Å². The predicted molar refractivity (Wildman–Crippen MR) is 162 cm³/mol. The van der Waals surface area contributed by atoms with E-state index in [4.69, 9.17) is 4.74 Å². The average molecular weight is 563 g/mol. The fourth-order valence-corrected chi connectivity index (χ4v) is 14.6. The highest BCUT2D eigenvalue weighted by molar-refractivity contribution is 5.94. The van der Waals surface area contributed by atoms with Crippen molar-refractivity contribution in [1.29, 1.82) is 0 Å². The first-order valence-corrected chi connectivity index (χ1v) is 18.3. The van der Waals surface area contributed by atoms with Gasteiger partial charge in [0, 0.05) is 10.8 Å². The standard InChI is InChI=1S/C38H58O3/c1-35-17-7-5-9-23(35)11-13-25-27(35)15-19-37(3)29(25)21-31(33(37)39)41-32-22-30-26-14-12-24-10-6-8-18-36(24,2)28(26)16-20-38(30,4)34(32)40/h23-32H,5-22H2,1-4H3/t23?,24?,25-,26-,27+,28+,29+,30+,31-,32+,35+,36+,37+,38+/m1/s1. The average Bonchev–Trinajstić information content (AvgIpc) is 3.37. The number of hydrogen-bond donors (Lipinski definition) is 0. The number of rotatable bonds is 2. The Balaban J connectivity index is 1.01. The summed E-state index contributed by atoms with van der Waals surface area (Å²) in [4.78, 5) is 28.4. The molecule has 3 nitrogen and oxygen atoms in total. The molecule has 8 rings (SSSR count). The van der Waals surface area contributed by atoms with Crippen molar-refractivity contribution in [1.82, 2.24) is 0 Å². The van der Waals surface area contributed by atoms with Crippen LogP contribution in [0.5, 0.6) is 0 Å². The van der Waals surface area contributed by atoms with Crippen molar-refractivity contribution in [3.05, 3.63) is 0 Å². The minimum absolute atomic E-state index is 0.235. The Morgan fingerprint density at radius 3 is 1.39 bits per heavy atom. The summed E-state index contributed by atoms with van der Waals surface area (Å²) in [7, 11) is 0. The van der Waals surface area contributed by atoms with E-state index in [1.807, 2.05) is 0 Å². The zero-order valence-corrected chi connectivity index (χ0v) is 26.7. The van der Waals surface area contributed by atoms with Crippen molar-refractivity contribution in [2.24, 2.45) is 69.0 Å². The highest BCUT2D eigenvalue weighted by Crippen LogP contribution is 2.68. The number of carbonyl (C=O) groups excluding carboxylic acids is 2. The monoisotopic (exact) mass is 562 g/mol. The lowest BCUT2D eigenvalue weighted by Gasteiger charge is -2.59. The lowest BCUT2D eigenvalue weighted by atomic mass is 9.45. The molecule has 8 aliphatic carbocycles. The van der Waals surface area contributed by atoms with E-state index in [9.17, 15) is 9.59 Å². The summed E-state index contributed by atoms with van der Waals surface area (Å²) in [5.74, 6) is 6.37. The van der Waals surface area contributed by atoms with Gasteiger partial charge >= 0.3 is 0 Å². The Labute approximate surface area is 250 Å². The molecule has 0 saturated heterocycles. The number of ether oxygens (including phenoxy) is 1. The lowest BCUT2D eigenvalue weighted by Crippen LogP contribution is -2.52. The highest BCUT2D eigenvalue weighted by atomic mass is 16.5. The van der Waals surface area contributed by atoms with Crippen LogP contribution in [0.25, 0.3) is 0 Å². The Hall–Kier alpha value is -0.700. The largest absolute Gasteiger partial charge is 0.359 e. The van der Waals surface area contributed by atoms with Gasteiger partial charge < -0.3 is 4.74 Å². The summed E-state index contributed by atoms with van der Waals surface area (Å²) >= 11 is 0. The first-order valence-electron chi connectivity index (χ1n) is 18.3. The maximum atomic E-state index is 14.2. The first kappa shape index (κ1) is 27.8. The van der Waals surface area contributed by atoms with Crippen LogP contribution in [0.1, 0.15) is 143 Å². The summed E-state index contributed by atoms with van der Waals surface area (Å²) in [5.41, 5.74) is 0.504. The third kappa shape index (κ3) is 3.72. The van der Waals surface area contributed by atoms with Gasteiger partial charge in [0.1, 0.15) is 12.2 Å². The predicted octanol–water partition coefficient (Wildman–Crippen LogP) is 8.96. The van der Waals surface area contributed by atoms with Gasteiger partial charge in [-0.2, -0.15) is 0 Å². The molecule has 8 fully saturated rings. The van der Waals surface area contributed by atoms with Crippen LogP contribution >= 0.6 is 0 Å². The molecule has 0 heterocycles. The molecule has 0 radical (unpaired) electrons. The van der Waals surface area contributed by atoms with Crippen LogP contribution in [0.2, 0.25) is 0 Å². The summed E-state index contributed by atoms with van der Waals surface area (Å²) in [6, 6.07) is 0. The molecule has 3 heteroatoms. The zero-order valence-electron chi connectivity index (χ0n) is 26.7. The molecule has 0 aliphatic heterocycles. The molecule has 41 heavy (non-hydrogen) atoms. The van der Waals surface area contributed by atoms with Gasteiger partial charge in [-0.25, -0.2) is 0 Å². The van der Waals surface area contributed by atoms with Crippen LogP contribution in [0.15, 0.2) is 0 Å². The first-order chi connectivity index (χ1) is 19.6. The fourth-order valence-electron chi connectivity index (χ4n) is 14.6. The second-order valence-corrected chi connectivity index (χ2v) is 18.0. The second kappa shape index (κ2) is 9.40. The Kier molecular flexibility index (Phi) is 6.38. The van der Waals surface area contributed by atoms with Gasteiger partial charge in [0.2, 0.25) is 0 Å². The Morgan fingerprint density at radius 1 is 0.512 bits per heavy atom. The molecule has 0 aromatic rings. The van der Waals surface area contributed by atoms with Crippen LogP contribution < -0.4 is 0 Å². The molecule has 2 unspecified atom stereocenters. The highest BCUT2D eigenvalue weighted by Gasteiger charge is 2.65. The number of hydrogen-bond acceptors (Lipinski definition) is 3. The molecular weight excluding hydrogens is 504 g/mol. The second-order valence-electron chi connectivity index (χ2n) is 18.0. The smallest absolute Gasteiger partial charge is 0.167 e. The van der Waals surface area contributed by atoms with Gasteiger partial charge in [0.05, 0.1) is 0 Å². The van der Waals surface area contributed by atoms with E-state index in [2.05, 4.69) is 27.7 Å². The minimum Gasteiger partial charge on any atom is -0.359 e. The van der Waals surface area contributed by atoms with E-state index in [1.165, 1.54) is 89.9 Å². The molecule has 8 saturated carbocycles. The molecular formula is C38H58O3. The van der Waals surface area contributed by atoms with Crippen molar-refractivity contribution in [3.63, 3.8) is 0 Å². The van der Waals surface area contributed by atoms with Crippen molar-refractivity contribution in [2.75, 3.05) is 0 Å². The SMILES string of the molecule is C[C@]12CCCCC1CC[C@@H]1[C@@H]2CC[C@]2(C)C(=O)[C@@H](O[C@@H]3C[C@H]4[C@@H]5CCC6CCCC[C@]6(C)[C@H]5CC[C@]4(C)C3=O)C[C@@H]12. The maximum Gasteiger partial charge on any atom is 0.167 e. The van der Waals surface area contributed by atoms with Crippen molar-refractivity contribution < 1.29 is 14.3 Å². The summed E-state index contributed by atoms with van der Waals surface area (Å²) in [6.07, 6.45) is 22.3. The third-order valence-electron chi connectivity index (χ3n) is 16.9. The molecule has 0 aromatic carbocycles. The van der Waals surface area contributed by atoms with E-state index >= 15 is 0 Å². The lowest BCUT2D eigenvalue weighted by molar-refractivity contribution is -0.149. The van der Waals surface area contributed by atoms with E-state index in [-0.39, 0.29) is 23.0 Å². The third-order valence-corrected chi connectivity index (χ3v) is 16.9. The number of fused-ring (bicyclic) bond motifs is 10. The van der Waals surface area contributed by atoms with Gasteiger partial charge in [-0.1, -0.05) is 53.4 Å². The van der Waals surface area contributed by atoms with Crippen molar-refractivity contribution in [2.45, 2.75) is 155 Å². The van der Waals surface area contributed by atoms with Crippen molar-refractivity contribution >= 4 is 11.6 Å². The van der Waals surface area contributed by atoms with Gasteiger partial charge in [-0.05, 0) is 148 Å². The van der Waals surface area contributed by atoms with Gasteiger partial charge in [0.25, 0.3) is 0 Å². The van der Waals surface area contributed by atoms with Crippen LogP contribution in [-0.4, -0.2) is 23.8 Å². The summed E-state index contributed by atoms with van der Waals surface area (Å²) in [5, 5.41) is 0. The molecule has 0 spiro atoms. The van der Waals surface area contributed by atoms with Gasteiger partial charge in [-0.3, -0.25) is 9.59 Å². The Bertz CT molecular complexity index is 1010. The van der Waals surface area contributed by atoms with Gasteiger partial charge in [-0.15, -0.1) is 0 Å². The van der Waals surface area contributed by atoms with Crippen molar-refractivity contribution in [3.8, 4) is 0 Å². The van der Waals surface area contributed by atoms with E-state index < -0.39 is 0 Å². The molecule has 0 amide bonds. The quantitative estimate of drug-likeness (QED) is 0.337. The van der Waals surface area contributed by atoms with Crippen LogP contribution in [0.4, 0.5) is 0 Å². The zero-order chi connectivity index (χ0) is 28.4. The van der Waals surface area contributed by atoms with E-state index in [0.717, 1.165) is 49.4 Å². The molecule has 0 bridgehead atoms. The van der Waals surface area contributed by atoms with Crippen LogP contribution in [-0.2, 0) is 14.3 Å².